The van der Waals surface area contributed by atoms with E-state index in [9.17, 15) is 4.79 Å². The summed E-state index contributed by atoms with van der Waals surface area (Å²) in [7, 11) is 0. The van der Waals surface area contributed by atoms with Crippen LogP contribution >= 0.6 is 11.6 Å². The SMILES string of the molecule is C=Cn1cc(CNc2cc(NC(=O)CC)ccc2Cl)cn1. The van der Waals surface area contributed by atoms with Crippen LogP contribution in [0, 0.1) is 0 Å². The Kier molecular flexibility index (Phi) is 5.00. The third kappa shape index (κ3) is 4.10. The molecule has 0 radical (unpaired) electrons. The molecule has 0 fully saturated rings. The van der Waals surface area contributed by atoms with Gasteiger partial charge in [0.2, 0.25) is 5.91 Å². The lowest BCUT2D eigenvalue weighted by Crippen LogP contribution is -2.09. The fraction of sp³-hybridized carbons (Fsp3) is 0.200. The zero-order valence-electron chi connectivity index (χ0n) is 11.8. The molecule has 0 saturated carbocycles. The van der Waals surface area contributed by atoms with Crippen molar-refractivity contribution >= 4 is 35.1 Å². The van der Waals surface area contributed by atoms with E-state index >= 15 is 0 Å². The molecule has 1 heterocycles. The second-order valence-corrected chi connectivity index (χ2v) is 4.87. The van der Waals surface area contributed by atoms with Crippen molar-refractivity contribution in [1.29, 1.82) is 0 Å². The maximum atomic E-state index is 11.4. The number of nitrogens with zero attached hydrogens (tertiary/aromatic N) is 2. The first-order chi connectivity index (χ1) is 10.1. The average molecular weight is 305 g/mol. The molecule has 0 spiro atoms. The predicted molar refractivity (Wildman–Crippen MR) is 86.3 cm³/mol. The summed E-state index contributed by atoms with van der Waals surface area (Å²) in [5.74, 6) is -0.0319. The summed E-state index contributed by atoms with van der Waals surface area (Å²) < 4.78 is 1.64. The summed E-state index contributed by atoms with van der Waals surface area (Å²) in [6.45, 7) is 6.03. The highest BCUT2D eigenvalue weighted by Crippen LogP contribution is 2.26. The number of rotatable bonds is 6. The number of hydrogen-bond acceptors (Lipinski definition) is 3. The normalized spacial score (nSPS) is 10.2. The average Bonchev–Trinajstić information content (AvgIpc) is 2.95. The minimum Gasteiger partial charge on any atom is -0.380 e. The number of nitrogens with one attached hydrogen (secondary N) is 2. The topological polar surface area (TPSA) is 59.0 Å². The van der Waals surface area contributed by atoms with E-state index in [0.717, 1.165) is 16.9 Å². The van der Waals surface area contributed by atoms with Gasteiger partial charge in [-0.1, -0.05) is 25.1 Å². The highest BCUT2D eigenvalue weighted by Gasteiger charge is 2.05. The maximum absolute atomic E-state index is 11.4. The third-order valence-corrected chi connectivity index (χ3v) is 3.23. The fourth-order valence-corrected chi connectivity index (χ4v) is 1.94. The molecule has 0 aliphatic heterocycles. The summed E-state index contributed by atoms with van der Waals surface area (Å²) in [6.07, 6.45) is 5.69. The van der Waals surface area contributed by atoms with E-state index in [-0.39, 0.29) is 5.91 Å². The largest absolute Gasteiger partial charge is 0.380 e. The van der Waals surface area contributed by atoms with Crippen LogP contribution in [0.15, 0.2) is 37.2 Å². The zero-order chi connectivity index (χ0) is 15.2. The van der Waals surface area contributed by atoms with Crippen molar-refractivity contribution in [2.45, 2.75) is 19.9 Å². The molecule has 0 unspecified atom stereocenters. The first-order valence-electron chi connectivity index (χ1n) is 6.61. The molecule has 5 nitrogen and oxygen atoms in total. The van der Waals surface area contributed by atoms with Crippen LogP contribution in [0.4, 0.5) is 11.4 Å². The predicted octanol–water partition coefficient (Wildman–Crippen LogP) is 3.60. The second-order valence-electron chi connectivity index (χ2n) is 4.46. The number of benzene rings is 1. The number of halogens is 1. The molecule has 2 N–H and O–H groups in total. The number of aromatic nitrogens is 2. The maximum Gasteiger partial charge on any atom is 0.224 e. The molecule has 0 aliphatic carbocycles. The second kappa shape index (κ2) is 6.95. The quantitative estimate of drug-likeness (QED) is 0.857. The Hall–Kier alpha value is -2.27. The van der Waals surface area contributed by atoms with E-state index in [2.05, 4.69) is 22.3 Å². The van der Waals surface area contributed by atoms with Crippen LogP contribution in [0.5, 0.6) is 0 Å². The number of amides is 1. The van der Waals surface area contributed by atoms with E-state index in [0.29, 0.717) is 18.0 Å². The molecule has 0 aliphatic rings. The van der Waals surface area contributed by atoms with Gasteiger partial charge in [-0.05, 0) is 18.2 Å². The van der Waals surface area contributed by atoms with E-state index in [1.165, 1.54) is 0 Å². The molecule has 1 aromatic heterocycles. The van der Waals surface area contributed by atoms with Gasteiger partial charge < -0.3 is 10.6 Å². The number of carbonyl (C=O) groups excluding carboxylic acids is 1. The van der Waals surface area contributed by atoms with Gasteiger partial charge in [-0.2, -0.15) is 5.10 Å². The minimum atomic E-state index is -0.0319. The molecule has 1 aromatic carbocycles. The van der Waals surface area contributed by atoms with E-state index in [1.54, 1.807) is 29.2 Å². The Morgan fingerprint density at radius 3 is 3.00 bits per heavy atom. The van der Waals surface area contributed by atoms with Crippen molar-refractivity contribution in [2.75, 3.05) is 10.6 Å². The van der Waals surface area contributed by atoms with Gasteiger partial charge in [0.15, 0.2) is 0 Å². The van der Waals surface area contributed by atoms with E-state index in [4.69, 9.17) is 11.6 Å². The summed E-state index contributed by atoms with van der Waals surface area (Å²) in [5, 5.41) is 10.7. The highest BCUT2D eigenvalue weighted by atomic mass is 35.5. The van der Waals surface area contributed by atoms with E-state index < -0.39 is 0 Å². The lowest BCUT2D eigenvalue weighted by molar-refractivity contribution is -0.115. The smallest absolute Gasteiger partial charge is 0.224 e. The molecule has 0 saturated heterocycles. The van der Waals surface area contributed by atoms with Crippen molar-refractivity contribution in [3.8, 4) is 0 Å². The standard InChI is InChI=1S/C15H17ClN4O/c1-3-15(21)19-12-5-6-13(16)14(7-12)17-8-11-9-18-20(4-2)10-11/h4-7,9-10,17H,2-3,8H2,1H3,(H,19,21). The Bertz CT molecular complexity index is 651. The van der Waals surface area contributed by atoms with Gasteiger partial charge in [0, 0.05) is 36.6 Å². The van der Waals surface area contributed by atoms with Crippen LogP contribution in [0.3, 0.4) is 0 Å². The number of hydrogen-bond donors (Lipinski definition) is 2. The zero-order valence-corrected chi connectivity index (χ0v) is 12.5. The molecule has 2 rings (SSSR count). The van der Waals surface area contributed by atoms with Crippen LogP contribution in [-0.2, 0) is 11.3 Å². The molecule has 110 valence electrons. The third-order valence-electron chi connectivity index (χ3n) is 2.90. The Morgan fingerprint density at radius 1 is 1.52 bits per heavy atom. The Morgan fingerprint density at radius 2 is 2.33 bits per heavy atom. The van der Waals surface area contributed by atoms with Crippen LogP contribution in [0.25, 0.3) is 6.20 Å². The number of anilines is 2. The van der Waals surface area contributed by atoms with Crippen LogP contribution < -0.4 is 10.6 Å². The van der Waals surface area contributed by atoms with Crippen LogP contribution in [0.2, 0.25) is 5.02 Å². The number of carbonyl (C=O) groups is 1. The summed E-state index contributed by atoms with van der Waals surface area (Å²) in [4.78, 5) is 11.4. The van der Waals surface area contributed by atoms with Crippen molar-refractivity contribution in [3.05, 3.63) is 47.8 Å². The first kappa shape index (κ1) is 15.1. The van der Waals surface area contributed by atoms with Gasteiger partial charge in [0.25, 0.3) is 0 Å². The lowest BCUT2D eigenvalue weighted by atomic mass is 10.2. The molecular formula is C15H17ClN4O. The fourth-order valence-electron chi connectivity index (χ4n) is 1.75. The summed E-state index contributed by atoms with van der Waals surface area (Å²) in [6, 6.07) is 5.34. The molecule has 1 amide bonds. The van der Waals surface area contributed by atoms with Gasteiger partial charge in [-0.3, -0.25) is 4.79 Å². The molecule has 2 aromatic rings. The molecule has 21 heavy (non-hydrogen) atoms. The molecular weight excluding hydrogens is 288 g/mol. The van der Waals surface area contributed by atoms with Gasteiger partial charge in [-0.25, -0.2) is 4.68 Å². The molecule has 6 heteroatoms. The highest BCUT2D eigenvalue weighted by molar-refractivity contribution is 6.33. The Labute approximate surface area is 128 Å². The molecule has 0 atom stereocenters. The summed E-state index contributed by atoms with van der Waals surface area (Å²) in [5.41, 5.74) is 2.49. The van der Waals surface area contributed by atoms with Gasteiger partial charge in [0.1, 0.15) is 0 Å². The van der Waals surface area contributed by atoms with Gasteiger partial charge in [-0.15, -0.1) is 0 Å². The van der Waals surface area contributed by atoms with Crippen LogP contribution in [-0.4, -0.2) is 15.7 Å². The first-order valence-corrected chi connectivity index (χ1v) is 6.99. The van der Waals surface area contributed by atoms with Crippen molar-refractivity contribution in [2.24, 2.45) is 0 Å². The molecule has 0 bridgehead atoms. The van der Waals surface area contributed by atoms with Gasteiger partial charge in [0.05, 0.1) is 16.9 Å². The van der Waals surface area contributed by atoms with Crippen LogP contribution in [0.1, 0.15) is 18.9 Å². The van der Waals surface area contributed by atoms with Gasteiger partial charge >= 0.3 is 0 Å². The van der Waals surface area contributed by atoms with Crippen molar-refractivity contribution in [3.63, 3.8) is 0 Å². The van der Waals surface area contributed by atoms with E-state index in [1.807, 2.05) is 19.2 Å². The minimum absolute atomic E-state index is 0.0319. The van der Waals surface area contributed by atoms with Crippen molar-refractivity contribution < 1.29 is 4.79 Å². The lowest BCUT2D eigenvalue weighted by Gasteiger charge is -2.10. The Balaban J connectivity index is 2.06. The summed E-state index contributed by atoms with van der Waals surface area (Å²) >= 11 is 6.15. The van der Waals surface area contributed by atoms with Crippen molar-refractivity contribution in [1.82, 2.24) is 9.78 Å². The monoisotopic (exact) mass is 304 g/mol.